The van der Waals surface area contributed by atoms with E-state index in [4.69, 9.17) is 17.3 Å². The Morgan fingerprint density at radius 3 is 1.97 bits per heavy atom. The Balaban J connectivity index is 1.43. The van der Waals surface area contributed by atoms with E-state index in [0.717, 1.165) is 5.56 Å². The molecule has 0 spiro atoms. The molecule has 192 valence electrons. The molecule has 2 heterocycles. The number of halogens is 1. The van der Waals surface area contributed by atoms with Crippen LogP contribution in [0.25, 0.3) is 0 Å². The lowest BCUT2D eigenvalue weighted by Crippen LogP contribution is -2.39. The Kier molecular flexibility index (Phi) is 6.98. The SMILES string of the molecule is NC(=O)c1ccc2c(c1)CN(C(=O)c1ccc(Cl)cc1)CC(=O)N2Cc1ccc(C(=O)N2CC=CC2)cc1. The highest BCUT2D eigenvalue weighted by molar-refractivity contribution is 6.30. The van der Waals surface area contributed by atoms with Crippen LogP contribution in [0.5, 0.6) is 0 Å². The second-order valence-corrected chi connectivity index (χ2v) is 9.67. The third-order valence-electron chi connectivity index (χ3n) is 6.67. The Hall–Kier alpha value is -4.43. The third kappa shape index (κ3) is 5.17. The molecule has 0 aliphatic carbocycles. The van der Waals surface area contributed by atoms with Crippen LogP contribution >= 0.6 is 11.6 Å². The van der Waals surface area contributed by atoms with Crippen molar-refractivity contribution in [3.05, 3.63) is 112 Å². The first-order valence-electron chi connectivity index (χ1n) is 12.1. The van der Waals surface area contributed by atoms with E-state index in [1.54, 1.807) is 64.4 Å². The molecule has 0 fully saturated rings. The lowest BCUT2D eigenvalue weighted by molar-refractivity contribution is -0.119. The molecule has 0 saturated carbocycles. The Morgan fingerprint density at radius 1 is 0.763 bits per heavy atom. The first kappa shape index (κ1) is 25.2. The minimum Gasteiger partial charge on any atom is -0.366 e. The number of hydrogen-bond acceptors (Lipinski definition) is 4. The van der Waals surface area contributed by atoms with Crippen molar-refractivity contribution in [2.45, 2.75) is 13.1 Å². The maximum absolute atomic E-state index is 13.5. The van der Waals surface area contributed by atoms with Gasteiger partial charge in [0, 0.05) is 47.0 Å². The van der Waals surface area contributed by atoms with Gasteiger partial charge in [-0.15, -0.1) is 0 Å². The number of nitrogens with two attached hydrogens (primary N) is 1. The van der Waals surface area contributed by atoms with Gasteiger partial charge < -0.3 is 20.4 Å². The van der Waals surface area contributed by atoms with Gasteiger partial charge in [-0.3, -0.25) is 19.2 Å². The molecule has 2 aliphatic heterocycles. The summed E-state index contributed by atoms with van der Waals surface area (Å²) in [4.78, 5) is 56.1. The van der Waals surface area contributed by atoms with Crippen LogP contribution in [-0.4, -0.2) is 53.1 Å². The van der Waals surface area contributed by atoms with Gasteiger partial charge in [0.2, 0.25) is 11.8 Å². The summed E-state index contributed by atoms with van der Waals surface area (Å²) in [6.07, 6.45) is 3.92. The molecule has 0 radical (unpaired) electrons. The van der Waals surface area contributed by atoms with Crippen LogP contribution in [0.2, 0.25) is 5.02 Å². The van der Waals surface area contributed by atoms with Gasteiger partial charge in [0.1, 0.15) is 6.54 Å². The second-order valence-electron chi connectivity index (χ2n) is 9.23. The van der Waals surface area contributed by atoms with Gasteiger partial charge in [0.25, 0.3) is 11.8 Å². The molecule has 2 aliphatic rings. The number of primary amides is 1. The molecule has 0 atom stereocenters. The zero-order valence-electron chi connectivity index (χ0n) is 20.5. The summed E-state index contributed by atoms with van der Waals surface area (Å²) in [6, 6.07) is 18.5. The minimum absolute atomic E-state index is 0.0481. The normalized spacial score (nSPS) is 14.9. The molecular formula is C29H25ClN4O4. The Bertz CT molecular complexity index is 1440. The van der Waals surface area contributed by atoms with E-state index in [9.17, 15) is 19.2 Å². The highest BCUT2D eigenvalue weighted by atomic mass is 35.5. The predicted octanol–water partition coefficient (Wildman–Crippen LogP) is 3.64. The molecule has 0 bridgehead atoms. The molecule has 0 unspecified atom stereocenters. The molecule has 4 amide bonds. The summed E-state index contributed by atoms with van der Waals surface area (Å²) in [6.45, 7) is 1.39. The van der Waals surface area contributed by atoms with Gasteiger partial charge in [-0.05, 0) is 65.7 Å². The van der Waals surface area contributed by atoms with Crippen molar-refractivity contribution in [3.63, 3.8) is 0 Å². The van der Waals surface area contributed by atoms with E-state index >= 15 is 0 Å². The Labute approximate surface area is 224 Å². The highest BCUT2D eigenvalue weighted by Gasteiger charge is 2.30. The van der Waals surface area contributed by atoms with Gasteiger partial charge in [-0.25, -0.2) is 0 Å². The number of rotatable bonds is 5. The van der Waals surface area contributed by atoms with E-state index in [2.05, 4.69) is 0 Å². The molecule has 2 N–H and O–H groups in total. The van der Waals surface area contributed by atoms with Crippen LogP contribution in [0.3, 0.4) is 0 Å². The first-order chi connectivity index (χ1) is 18.3. The van der Waals surface area contributed by atoms with Gasteiger partial charge in [0.05, 0.1) is 6.54 Å². The largest absolute Gasteiger partial charge is 0.366 e. The molecular weight excluding hydrogens is 504 g/mol. The summed E-state index contributed by atoms with van der Waals surface area (Å²) in [5.74, 6) is -1.25. The summed E-state index contributed by atoms with van der Waals surface area (Å²) in [7, 11) is 0. The van der Waals surface area contributed by atoms with Crippen molar-refractivity contribution in [1.29, 1.82) is 0 Å². The summed E-state index contributed by atoms with van der Waals surface area (Å²) < 4.78 is 0. The smallest absolute Gasteiger partial charge is 0.254 e. The quantitative estimate of drug-likeness (QED) is 0.510. The number of hydrogen-bond donors (Lipinski definition) is 1. The average molecular weight is 529 g/mol. The summed E-state index contributed by atoms with van der Waals surface area (Å²) in [5.41, 5.74) is 8.81. The van der Waals surface area contributed by atoms with E-state index < -0.39 is 5.91 Å². The van der Waals surface area contributed by atoms with Gasteiger partial charge in [0.15, 0.2) is 0 Å². The number of benzene rings is 3. The summed E-state index contributed by atoms with van der Waals surface area (Å²) >= 11 is 5.97. The molecule has 3 aromatic carbocycles. The Morgan fingerprint density at radius 2 is 1.34 bits per heavy atom. The number of nitrogens with zero attached hydrogens (tertiary/aromatic N) is 3. The molecule has 3 aromatic rings. The topological polar surface area (TPSA) is 104 Å². The number of carbonyl (C=O) groups excluding carboxylic acids is 4. The van der Waals surface area contributed by atoms with Crippen LogP contribution in [0, 0.1) is 0 Å². The zero-order chi connectivity index (χ0) is 26.8. The van der Waals surface area contributed by atoms with E-state index in [0.29, 0.717) is 40.5 Å². The van der Waals surface area contributed by atoms with Crippen LogP contribution in [0.1, 0.15) is 42.2 Å². The van der Waals surface area contributed by atoms with Crippen LogP contribution in [-0.2, 0) is 17.9 Å². The lowest BCUT2D eigenvalue weighted by Gasteiger charge is -2.23. The van der Waals surface area contributed by atoms with Gasteiger partial charge in [-0.1, -0.05) is 35.9 Å². The maximum atomic E-state index is 13.5. The fourth-order valence-electron chi connectivity index (χ4n) is 4.63. The molecule has 8 nitrogen and oxygen atoms in total. The summed E-state index contributed by atoms with van der Waals surface area (Å²) in [5, 5.41) is 0.501. The molecule has 0 saturated heterocycles. The highest BCUT2D eigenvalue weighted by Crippen LogP contribution is 2.29. The fraction of sp³-hybridized carbons (Fsp3) is 0.172. The van der Waals surface area contributed by atoms with E-state index in [1.807, 2.05) is 24.3 Å². The van der Waals surface area contributed by atoms with E-state index in [-0.39, 0.29) is 42.9 Å². The maximum Gasteiger partial charge on any atom is 0.254 e. The van der Waals surface area contributed by atoms with Crippen molar-refractivity contribution < 1.29 is 19.2 Å². The number of anilines is 1. The van der Waals surface area contributed by atoms with Crippen molar-refractivity contribution >= 4 is 40.9 Å². The average Bonchev–Trinajstić information content (AvgIpc) is 3.42. The van der Waals surface area contributed by atoms with Crippen molar-refractivity contribution in [1.82, 2.24) is 9.80 Å². The van der Waals surface area contributed by atoms with Crippen molar-refractivity contribution in [2.75, 3.05) is 24.5 Å². The van der Waals surface area contributed by atoms with Crippen LogP contribution in [0.15, 0.2) is 78.9 Å². The number of amides is 4. The molecule has 38 heavy (non-hydrogen) atoms. The number of carbonyl (C=O) groups is 4. The van der Waals surface area contributed by atoms with Gasteiger partial charge in [-0.2, -0.15) is 0 Å². The molecule has 5 rings (SSSR count). The minimum atomic E-state index is -0.598. The standard InChI is InChI=1S/C29H25ClN4O4/c30-24-10-7-21(8-11-24)29(38)33-17-23-15-22(27(31)36)9-12-25(23)34(26(35)18-33)16-19-3-5-20(6-4-19)28(37)32-13-1-2-14-32/h1-12,15H,13-14,16-18H2,(H2,31,36). The second kappa shape index (κ2) is 10.5. The van der Waals surface area contributed by atoms with Crippen molar-refractivity contribution in [2.24, 2.45) is 5.73 Å². The zero-order valence-corrected chi connectivity index (χ0v) is 21.2. The van der Waals surface area contributed by atoms with Crippen molar-refractivity contribution in [3.8, 4) is 0 Å². The predicted molar refractivity (Wildman–Crippen MR) is 144 cm³/mol. The van der Waals surface area contributed by atoms with Crippen LogP contribution in [0.4, 0.5) is 5.69 Å². The third-order valence-corrected chi connectivity index (χ3v) is 6.92. The fourth-order valence-corrected chi connectivity index (χ4v) is 4.75. The first-order valence-corrected chi connectivity index (χ1v) is 12.5. The lowest BCUT2D eigenvalue weighted by atomic mass is 10.1. The monoisotopic (exact) mass is 528 g/mol. The van der Waals surface area contributed by atoms with Crippen LogP contribution < -0.4 is 10.6 Å². The van der Waals surface area contributed by atoms with E-state index in [1.165, 1.54) is 4.90 Å². The molecule has 9 heteroatoms. The van der Waals surface area contributed by atoms with Gasteiger partial charge >= 0.3 is 0 Å². The molecule has 0 aromatic heterocycles. The number of fused-ring (bicyclic) bond motifs is 1.